The number of halogens is 1. The second-order valence-electron chi connectivity index (χ2n) is 6.57. The van der Waals surface area contributed by atoms with Crippen molar-refractivity contribution < 1.29 is 23.8 Å². The molecule has 0 atom stereocenters. The summed E-state index contributed by atoms with van der Waals surface area (Å²) in [5.41, 5.74) is 1.37. The van der Waals surface area contributed by atoms with E-state index >= 15 is 0 Å². The normalized spacial score (nSPS) is 10.3. The minimum atomic E-state index is -0.428. The summed E-state index contributed by atoms with van der Waals surface area (Å²) in [6.45, 7) is 1.79. The molecule has 32 heavy (non-hydrogen) atoms. The monoisotopic (exact) mass is 523 g/mol. The van der Waals surface area contributed by atoms with E-state index in [4.69, 9.17) is 26.4 Å². The second-order valence-corrected chi connectivity index (χ2v) is 7.90. The van der Waals surface area contributed by atoms with Gasteiger partial charge in [-0.25, -0.2) is 0 Å². The summed E-state index contributed by atoms with van der Waals surface area (Å²) in [6.07, 6.45) is 0.725. The maximum absolute atomic E-state index is 12.8. The molecule has 2 aromatic carbocycles. The molecule has 2 aromatic rings. The van der Waals surface area contributed by atoms with Crippen molar-refractivity contribution in [2.24, 2.45) is 0 Å². The molecule has 172 valence electrons. The first kappa shape index (κ1) is 25.7. The molecule has 0 aliphatic heterocycles. The minimum absolute atomic E-state index is 0.0930. The maximum atomic E-state index is 12.8. The molecule has 8 nitrogen and oxygen atoms in total. The third-order valence-corrected chi connectivity index (χ3v) is 4.85. The highest BCUT2D eigenvalue weighted by molar-refractivity contribution is 9.10. The molecular formula is C22H26BrN3O5S. The highest BCUT2D eigenvalue weighted by Crippen LogP contribution is 2.23. The zero-order valence-corrected chi connectivity index (χ0v) is 20.3. The molecule has 0 bridgehead atoms. The van der Waals surface area contributed by atoms with Crippen LogP contribution in [0.5, 0.6) is 5.75 Å². The van der Waals surface area contributed by atoms with E-state index in [-0.39, 0.29) is 11.0 Å². The van der Waals surface area contributed by atoms with E-state index in [0.717, 1.165) is 10.9 Å². The number of amides is 2. The quantitative estimate of drug-likeness (QED) is 0.306. The Morgan fingerprint density at radius 3 is 2.53 bits per heavy atom. The third-order valence-electron chi connectivity index (χ3n) is 4.15. The number of ether oxygens (including phenoxy) is 3. The Hall–Kier alpha value is -2.53. The Bertz CT molecular complexity index is 942. The SMILES string of the molecule is COCCCNC(=O)c1cccc(NC(=S)NC(=O)c2cc(Br)ccc2OCCOC)c1. The summed E-state index contributed by atoms with van der Waals surface area (Å²) >= 11 is 8.63. The molecule has 2 amide bonds. The van der Waals surface area contributed by atoms with Crippen LogP contribution in [-0.2, 0) is 9.47 Å². The predicted octanol–water partition coefficient (Wildman–Crippen LogP) is 3.37. The van der Waals surface area contributed by atoms with Crippen LogP contribution < -0.4 is 20.7 Å². The van der Waals surface area contributed by atoms with E-state index < -0.39 is 5.91 Å². The Labute approximate surface area is 201 Å². The predicted molar refractivity (Wildman–Crippen MR) is 130 cm³/mol. The molecule has 3 N–H and O–H groups in total. The average molecular weight is 524 g/mol. The van der Waals surface area contributed by atoms with Crippen molar-refractivity contribution in [3.8, 4) is 5.75 Å². The van der Waals surface area contributed by atoms with Crippen LogP contribution in [0, 0.1) is 0 Å². The lowest BCUT2D eigenvalue weighted by Gasteiger charge is -2.14. The lowest BCUT2D eigenvalue weighted by atomic mass is 10.2. The molecule has 0 spiro atoms. The summed E-state index contributed by atoms with van der Waals surface area (Å²) in [6, 6.07) is 12.0. The number of rotatable bonds is 11. The first-order valence-electron chi connectivity index (χ1n) is 9.85. The van der Waals surface area contributed by atoms with Crippen LogP contribution in [0.4, 0.5) is 5.69 Å². The van der Waals surface area contributed by atoms with Gasteiger partial charge in [-0.3, -0.25) is 14.9 Å². The van der Waals surface area contributed by atoms with Crippen LogP contribution in [0.3, 0.4) is 0 Å². The first-order valence-corrected chi connectivity index (χ1v) is 11.1. The van der Waals surface area contributed by atoms with Crippen LogP contribution in [0.15, 0.2) is 46.9 Å². The van der Waals surface area contributed by atoms with Crippen LogP contribution in [0.25, 0.3) is 0 Å². The summed E-state index contributed by atoms with van der Waals surface area (Å²) in [5, 5.41) is 8.48. The van der Waals surface area contributed by atoms with Gasteiger partial charge in [-0.2, -0.15) is 0 Å². The fourth-order valence-electron chi connectivity index (χ4n) is 2.63. The Morgan fingerprint density at radius 1 is 1.00 bits per heavy atom. The number of anilines is 1. The molecule has 0 heterocycles. The van der Waals surface area contributed by atoms with E-state index in [2.05, 4.69) is 31.9 Å². The summed E-state index contributed by atoms with van der Waals surface area (Å²) in [5.74, 6) is -0.215. The van der Waals surface area contributed by atoms with Crippen molar-refractivity contribution in [2.75, 3.05) is 45.9 Å². The van der Waals surface area contributed by atoms with Gasteiger partial charge in [-0.05, 0) is 55.0 Å². The van der Waals surface area contributed by atoms with Gasteiger partial charge in [-0.15, -0.1) is 0 Å². The van der Waals surface area contributed by atoms with Crippen LogP contribution in [0.1, 0.15) is 27.1 Å². The Kier molecular flexibility index (Phi) is 11.1. The van der Waals surface area contributed by atoms with Gasteiger partial charge in [-0.1, -0.05) is 22.0 Å². The maximum Gasteiger partial charge on any atom is 0.261 e. The Balaban J connectivity index is 1.98. The number of carbonyl (C=O) groups excluding carboxylic acids is 2. The van der Waals surface area contributed by atoms with Crippen molar-refractivity contribution in [1.82, 2.24) is 10.6 Å². The number of thiocarbonyl (C=S) groups is 1. The molecule has 0 fully saturated rings. The molecule has 0 aliphatic carbocycles. The van der Waals surface area contributed by atoms with Crippen molar-refractivity contribution >= 4 is 50.8 Å². The molecule has 0 saturated carbocycles. The zero-order chi connectivity index (χ0) is 23.3. The van der Waals surface area contributed by atoms with Gasteiger partial charge >= 0.3 is 0 Å². The molecule has 10 heteroatoms. The average Bonchev–Trinajstić information content (AvgIpc) is 2.77. The number of benzene rings is 2. The molecular weight excluding hydrogens is 498 g/mol. The highest BCUT2D eigenvalue weighted by atomic mass is 79.9. The first-order chi connectivity index (χ1) is 15.4. The van der Waals surface area contributed by atoms with Gasteiger partial charge in [0.1, 0.15) is 12.4 Å². The van der Waals surface area contributed by atoms with Gasteiger partial charge < -0.3 is 24.8 Å². The van der Waals surface area contributed by atoms with E-state index in [1.807, 2.05) is 0 Å². The standard InChI is InChI=1S/C22H26BrN3O5S/c1-29-10-4-9-24-20(27)15-5-3-6-17(13-15)25-22(32)26-21(28)18-14-16(23)7-8-19(18)31-12-11-30-2/h3,5-8,13-14H,4,9-12H2,1-2H3,(H,24,27)(H2,25,26,28,32). The van der Waals surface area contributed by atoms with Gasteiger partial charge in [0.25, 0.3) is 11.8 Å². The van der Waals surface area contributed by atoms with E-state index in [1.165, 1.54) is 0 Å². The van der Waals surface area contributed by atoms with Crippen LogP contribution in [0.2, 0.25) is 0 Å². The minimum Gasteiger partial charge on any atom is -0.490 e. The highest BCUT2D eigenvalue weighted by Gasteiger charge is 2.15. The van der Waals surface area contributed by atoms with E-state index in [9.17, 15) is 9.59 Å². The van der Waals surface area contributed by atoms with Gasteiger partial charge in [0.2, 0.25) is 0 Å². The van der Waals surface area contributed by atoms with Gasteiger partial charge in [0.15, 0.2) is 5.11 Å². The lowest BCUT2D eigenvalue weighted by Crippen LogP contribution is -2.34. The van der Waals surface area contributed by atoms with Crippen LogP contribution in [-0.4, -0.2) is 57.5 Å². The zero-order valence-electron chi connectivity index (χ0n) is 17.9. The number of hydrogen-bond acceptors (Lipinski definition) is 6. The molecule has 0 radical (unpaired) electrons. The number of hydrogen-bond donors (Lipinski definition) is 3. The molecule has 0 saturated heterocycles. The fraction of sp³-hybridized carbons (Fsp3) is 0.318. The van der Waals surface area contributed by atoms with Gasteiger partial charge in [0, 0.05) is 43.1 Å². The van der Waals surface area contributed by atoms with Crippen molar-refractivity contribution in [2.45, 2.75) is 6.42 Å². The van der Waals surface area contributed by atoms with Crippen molar-refractivity contribution in [3.05, 3.63) is 58.1 Å². The summed E-state index contributed by atoms with van der Waals surface area (Å²) in [7, 11) is 3.19. The van der Waals surface area contributed by atoms with Crippen LogP contribution >= 0.6 is 28.1 Å². The number of nitrogens with one attached hydrogen (secondary N) is 3. The molecule has 0 unspecified atom stereocenters. The number of methoxy groups -OCH3 is 2. The molecule has 2 rings (SSSR count). The smallest absolute Gasteiger partial charge is 0.261 e. The lowest BCUT2D eigenvalue weighted by molar-refractivity contribution is 0.0945. The van der Waals surface area contributed by atoms with Crippen molar-refractivity contribution in [1.29, 1.82) is 0 Å². The van der Waals surface area contributed by atoms with Crippen molar-refractivity contribution in [3.63, 3.8) is 0 Å². The van der Waals surface area contributed by atoms with E-state index in [1.54, 1.807) is 56.7 Å². The largest absolute Gasteiger partial charge is 0.490 e. The fourth-order valence-corrected chi connectivity index (χ4v) is 3.20. The number of carbonyl (C=O) groups is 2. The third kappa shape index (κ3) is 8.54. The molecule has 0 aliphatic rings. The second kappa shape index (κ2) is 13.8. The topological polar surface area (TPSA) is 97.9 Å². The summed E-state index contributed by atoms with van der Waals surface area (Å²) < 4.78 is 16.3. The van der Waals surface area contributed by atoms with E-state index in [0.29, 0.717) is 48.9 Å². The van der Waals surface area contributed by atoms with Gasteiger partial charge in [0.05, 0.1) is 12.2 Å². The summed E-state index contributed by atoms with van der Waals surface area (Å²) in [4.78, 5) is 25.0. The Morgan fingerprint density at radius 2 is 1.78 bits per heavy atom. The molecule has 0 aromatic heterocycles.